The van der Waals surface area contributed by atoms with Crippen molar-refractivity contribution in [2.24, 2.45) is 5.92 Å². The van der Waals surface area contributed by atoms with Gasteiger partial charge in [-0.15, -0.1) is 0 Å². The Morgan fingerprint density at radius 1 is 1.05 bits per heavy atom. The molecule has 2 nitrogen and oxygen atoms in total. The molecule has 0 radical (unpaired) electrons. The Morgan fingerprint density at radius 3 is 2.48 bits per heavy atom. The van der Waals surface area contributed by atoms with Crippen LogP contribution in [-0.4, -0.2) is 6.54 Å². The molecule has 0 aliphatic rings. The van der Waals surface area contributed by atoms with E-state index in [0.717, 1.165) is 24.4 Å². The van der Waals surface area contributed by atoms with Crippen LogP contribution in [0.3, 0.4) is 0 Å². The molecule has 2 aromatic rings. The number of hydrogen-bond acceptors (Lipinski definition) is 2. The summed E-state index contributed by atoms with van der Waals surface area (Å²) in [6.07, 6.45) is 0. The fourth-order valence-electron chi connectivity index (χ4n) is 2.01. The summed E-state index contributed by atoms with van der Waals surface area (Å²) >= 11 is 6.28. The minimum Gasteiger partial charge on any atom is -0.487 e. The fourth-order valence-corrected chi connectivity index (χ4v) is 2.27. The number of ether oxygens (including phenoxy) is 1. The summed E-state index contributed by atoms with van der Waals surface area (Å²) in [4.78, 5) is 0. The average molecular weight is 304 g/mol. The predicted molar refractivity (Wildman–Crippen MR) is 88.8 cm³/mol. The SMILES string of the molecule is CC(C)CNCc1ccc(OCc2ccccc2)c(Cl)c1. The van der Waals surface area contributed by atoms with Gasteiger partial charge in [-0.3, -0.25) is 0 Å². The molecule has 2 aromatic carbocycles. The summed E-state index contributed by atoms with van der Waals surface area (Å²) in [5.74, 6) is 1.38. The summed E-state index contributed by atoms with van der Waals surface area (Å²) in [6.45, 7) is 6.76. The highest BCUT2D eigenvalue weighted by Gasteiger charge is 2.04. The molecule has 0 aromatic heterocycles. The number of nitrogens with one attached hydrogen (secondary N) is 1. The Balaban J connectivity index is 1.90. The van der Waals surface area contributed by atoms with Gasteiger partial charge in [0.1, 0.15) is 12.4 Å². The van der Waals surface area contributed by atoms with E-state index in [4.69, 9.17) is 16.3 Å². The van der Waals surface area contributed by atoms with Gasteiger partial charge in [-0.1, -0.05) is 61.8 Å². The van der Waals surface area contributed by atoms with Crippen LogP contribution < -0.4 is 10.1 Å². The predicted octanol–water partition coefficient (Wildman–Crippen LogP) is 4.66. The zero-order valence-corrected chi connectivity index (χ0v) is 13.4. The second-order valence-corrected chi connectivity index (χ2v) is 5.97. The van der Waals surface area contributed by atoms with E-state index in [1.165, 1.54) is 5.56 Å². The summed E-state index contributed by atoms with van der Waals surface area (Å²) in [5, 5.41) is 4.07. The monoisotopic (exact) mass is 303 g/mol. The van der Waals surface area contributed by atoms with Crippen LogP contribution in [0.25, 0.3) is 0 Å². The zero-order valence-electron chi connectivity index (χ0n) is 12.6. The van der Waals surface area contributed by atoms with E-state index < -0.39 is 0 Å². The van der Waals surface area contributed by atoms with Gasteiger partial charge in [0, 0.05) is 6.54 Å². The van der Waals surface area contributed by atoms with Crippen LogP contribution in [0.2, 0.25) is 5.02 Å². The van der Waals surface area contributed by atoms with Crippen molar-refractivity contribution in [1.82, 2.24) is 5.32 Å². The Kier molecular flexibility index (Phi) is 6.09. The first-order chi connectivity index (χ1) is 10.1. The fraction of sp³-hybridized carbons (Fsp3) is 0.333. The molecular formula is C18H22ClNO. The van der Waals surface area contributed by atoms with Crippen LogP contribution >= 0.6 is 11.6 Å². The van der Waals surface area contributed by atoms with Gasteiger partial charge in [-0.25, -0.2) is 0 Å². The maximum atomic E-state index is 6.28. The molecule has 0 unspecified atom stereocenters. The molecule has 0 aliphatic heterocycles. The van der Waals surface area contributed by atoms with Gasteiger partial charge >= 0.3 is 0 Å². The summed E-state index contributed by atoms with van der Waals surface area (Å²) in [6, 6.07) is 16.0. The number of hydrogen-bond donors (Lipinski definition) is 1. The molecule has 0 atom stereocenters. The van der Waals surface area contributed by atoms with Crippen molar-refractivity contribution < 1.29 is 4.74 Å². The summed E-state index contributed by atoms with van der Waals surface area (Å²) in [7, 11) is 0. The molecule has 3 heteroatoms. The van der Waals surface area contributed by atoms with Crippen molar-refractivity contribution in [2.45, 2.75) is 27.0 Å². The maximum Gasteiger partial charge on any atom is 0.138 e. The average Bonchev–Trinajstić information content (AvgIpc) is 2.47. The lowest BCUT2D eigenvalue weighted by atomic mass is 10.2. The van der Waals surface area contributed by atoms with Crippen molar-refractivity contribution in [1.29, 1.82) is 0 Å². The molecule has 112 valence electrons. The van der Waals surface area contributed by atoms with Gasteiger partial charge in [-0.05, 0) is 35.7 Å². The molecule has 0 saturated heterocycles. The summed E-state index contributed by atoms with van der Waals surface area (Å²) < 4.78 is 5.77. The molecule has 0 saturated carbocycles. The van der Waals surface area contributed by atoms with E-state index in [1.54, 1.807) is 0 Å². The quantitative estimate of drug-likeness (QED) is 0.803. The molecule has 0 fully saturated rings. The van der Waals surface area contributed by atoms with Gasteiger partial charge < -0.3 is 10.1 Å². The summed E-state index contributed by atoms with van der Waals surface area (Å²) in [5.41, 5.74) is 2.31. The molecule has 0 aliphatic carbocycles. The Hall–Kier alpha value is -1.51. The second kappa shape index (κ2) is 8.06. The lowest BCUT2D eigenvalue weighted by molar-refractivity contribution is 0.306. The van der Waals surface area contributed by atoms with Crippen LogP contribution in [0, 0.1) is 5.92 Å². The van der Waals surface area contributed by atoms with Crippen molar-refractivity contribution >= 4 is 11.6 Å². The van der Waals surface area contributed by atoms with E-state index in [0.29, 0.717) is 17.5 Å². The van der Waals surface area contributed by atoms with Crippen molar-refractivity contribution in [3.05, 3.63) is 64.7 Å². The molecule has 0 spiro atoms. The third-order valence-corrected chi connectivity index (χ3v) is 3.41. The third-order valence-electron chi connectivity index (χ3n) is 3.12. The lowest BCUT2D eigenvalue weighted by Gasteiger charge is -2.11. The highest BCUT2D eigenvalue weighted by Crippen LogP contribution is 2.26. The third kappa shape index (κ3) is 5.41. The van der Waals surface area contributed by atoms with Crippen LogP contribution in [0.15, 0.2) is 48.5 Å². The van der Waals surface area contributed by atoms with Gasteiger partial charge in [0.2, 0.25) is 0 Å². The first kappa shape index (κ1) is 15.9. The number of benzene rings is 2. The zero-order chi connectivity index (χ0) is 15.1. The minimum absolute atomic E-state index is 0.533. The highest BCUT2D eigenvalue weighted by molar-refractivity contribution is 6.32. The molecule has 1 N–H and O–H groups in total. The standard InChI is InChI=1S/C18H22ClNO/c1-14(2)11-20-12-16-8-9-18(17(19)10-16)21-13-15-6-4-3-5-7-15/h3-10,14,20H,11-13H2,1-2H3. The van der Waals surface area contributed by atoms with Gasteiger partial charge in [0.15, 0.2) is 0 Å². The van der Waals surface area contributed by atoms with Crippen LogP contribution in [0.4, 0.5) is 0 Å². The molecule has 0 amide bonds. The van der Waals surface area contributed by atoms with E-state index in [1.807, 2.05) is 42.5 Å². The molecule has 0 bridgehead atoms. The first-order valence-electron chi connectivity index (χ1n) is 7.31. The van der Waals surface area contributed by atoms with E-state index >= 15 is 0 Å². The number of rotatable bonds is 7. The smallest absolute Gasteiger partial charge is 0.138 e. The Morgan fingerprint density at radius 2 is 1.81 bits per heavy atom. The lowest BCUT2D eigenvalue weighted by Crippen LogP contribution is -2.18. The first-order valence-corrected chi connectivity index (χ1v) is 7.69. The van der Waals surface area contributed by atoms with Crippen molar-refractivity contribution in [2.75, 3.05) is 6.54 Å². The van der Waals surface area contributed by atoms with Crippen molar-refractivity contribution in [3.63, 3.8) is 0 Å². The topological polar surface area (TPSA) is 21.3 Å². The van der Waals surface area contributed by atoms with Gasteiger partial charge in [0.05, 0.1) is 5.02 Å². The maximum absolute atomic E-state index is 6.28. The number of halogens is 1. The van der Waals surface area contributed by atoms with Crippen LogP contribution in [-0.2, 0) is 13.2 Å². The van der Waals surface area contributed by atoms with Gasteiger partial charge in [-0.2, -0.15) is 0 Å². The molecule has 0 heterocycles. The highest BCUT2D eigenvalue weighted by atomic mass is 35.5. The Bertz CT molecular complexity index is 554. The Labute approximate surface area is 132 Å². The molecule has 2 rings (SSSR count). The van der Waals surface area contributed by atoms with E-state index in [2.05, 4.69) is 25.2 Å². The largest absolute Gasteiger partial charge is 0.487 e. The molecular weight excluding hydrogens is 282 g/mol. The van der Waals surface area contributed by atoms with Gasteiger partial charge in [0.25, 0.3) is 0 Å². The second-order valence-electron chi connectivity index (χ2n) is 5.56. The van der Waals surface area contributed by atoms with E-state index in [-0.39, 0.29) is 0 Å². The molecule has 21 heavy (non-hydrogen) atoms. The van der Waals surface area contributed by atoms with Crippen molar-refractivity contribution in [3.8, 4) is 5.75 Å². The minimum atomic E-state index is 0.533. The van der Waals surface area contributed by atoms with E-state index in [9.17, 15) is 0 Å². The normalized spacial score (nSPS) is 10.9. The van der Waals surface area contributed by atoms with Crippen LogP contribution in [0.1, 0.15) is 25.0 Å². The van der Waals surface area contributed by atoms with Crippen LogP contribution in [0.5, 0.6) is 5.75 Å².